The van der Waals surface area contributed by atoms with Gasteiger partial charge in [-0.25, -0.2) is 4.79 Å². The molecule has 1 heterocycles. The smallest absolute Gasteiger partial charge is 0.338 e. The molecule has 5 rings (SSSR count). The molecule has 8 nitrogen and oxygen atoms in total. The number of hydrogen-bond acceptors (Lipinski definition) is 7. The lowest BCUT2D eigenvalue weighted by atomic mass is 9.81. The van der Waals surface area contributed by atoms with Gasteiger partial charge in [-0.3, -0.25) is 9.59 Å². The molecule has 0 saturated heterocycles. The number of carbonyl (C=O) groups is 3. The van der Waals surface area contributed by atoms with Gasteiger partial charge in [-0.1, -0.05) is 38.0 Å². The summed E-state index contributed by atoms with van der Waals surface area (Å²) in [5, 5.41) is 0.435. The molecule has 2 aromatic rings. The number of hydroxylamine groups is 2. The molecule has 0 aromatic heterocycles. The van der Waals surface area contributed by atoms with Crippen molar-refractivity contribution in [2.45, 2.75) is 50.7 Å². The Morgan fingerprint density at radius 1 is 1.03 bits per heavy atom. The van der Waals surface area contributed by atoms with Gasteiger partial charge in [-0.05, 0) is 61.6 Å². The van der Waals surface area contributed by atoms with Gasteiger partial charge in [0.05, 0.1) is 16.4 Å². The van der Waals surface area contributed by atoms with E-state index in [-0.39, 0.29) is 22.4 Å². The van der Waals surface area contributed by atoms with E-state index in [0.717, 1.165) is 25.7 Å². The molecule has 2 amide bonds. The van der Waals surface area contributed by atoms with Gasteiger partial charge in [0.25, 0.3) is 21.9 Å². The molecule has 9 heteroatoms. The van der Waals surface area contributed by atoms with Crippen molar-refractivity contribution >= 4 is 38.7 Å². The van der Waals surface area contributed by atoms with Crippen LogP contribution in [-0.2, 0) is 19.2 Å². The maximum absolute atomic E-state index is 13.3. The van der Waals surface area contributed by atoms with Crippen LogP contribution in [0.25, 0.3) is 10.8 Å². The summed E-state index contributed by atoms with van der Waals surface area (Å²) in [5.41, 5.74) is 0.337. The van der Waals surface area contributed by atoms with Crippen LogP contribution in [0.2, 0.25) is 0 Å². The number of imide groups is 1. The molecule has 3 unspecified atom stereocenters. The average molecular weight is 484 g/mol. The molecule has 178 valence electrons. The van der Waals surface area contributed by atoms with Gasteiger partial charge in [0.15, 0.2) is 0 Å². The first-order valence-corrected chi connectivity index (χ1v) is 12.9. The normalized spacial score (nSPS) is 24.3. The van der Waals surface area contributed by atoms with E-state index in [2.05, 4.69) is 6.58 Å². The number of rotatable bonds is 5. The summed E-state index contributed by atoms with van der Waals surface area (Å²) in [6, 6.07) is 7.64. The van der Waals surface area contributed by atoms with E-state index in [1.165, 1.54) is 25.1 Å². The standard InChI is InChI=1S/C25H25NO7S/c1-14(2)25(29)32-18-11-17-7-4-8-20-22(17)21(13-18)24(28)26(23(20)27)33-34(30,31)19-10-9-15-5-3-6-16(15)12-19/h4,7-8,11,13,15-16,19H,1,3,5-6,9-10,12H2,2H3. The summed E-state index contributed by atoms with van der Waals surface area (Å²) in [5.74, 6) is -1.45. The van der Waals surface area contributed by atoms with E-state index < -0.39 is 33.2 Å². The Labute approximate surface area is 197 Å². The van der Waals surface area contributed by atoms with Crippen molar-refractivity contribution in [3.8, 4) is 5.75 Å². The molecule has 34 heavy (non-hydrogen) atoms. The van der Waals surface area contributed by atoms with Crippen LogP contribution < -0.4 is 4.74 Å². The second kappa shape index (κ2) is 8.32. The number of amides is 2. The average Bonchev–Trinajstić information content (AvgIpc) is 3.28. The van der Waals surface area contributed by atoms with Crippen LogP contribution in [0.5, 0.6) is 5.75 Å². The minimum atomic E-state index is -4.21. The summed E-state index contributed by atoms with van der Waals surface area (Å²) in [4.78, 5) is 38.4. The molecule has 0 spiro atoms. The van der Waals surface area contributed by atoms with E-state index in [4.69, 9.17) is 9.02 Å². The van der Waals surface area contributed by atoms with Crippen LogP contribution in [0.4, 0.5) is 0 Å². The number of hydrogen-bond donors (Lipinski definition) is 0. The van der Waals surface area contributed by atoms with Gasteiger partial charge in [-0.15, -0.1) is 9.35 Å². The van der Waals surface area contributed by atoms with Crippen LogP contribution >= 0.6 is 0 Å². The SMILES string of the molecule is C=C(C)C(=O)Oc1cc2c3c(cccc3c1)C(=O)N(OS(=O)(=O)C1CCC3CCCC3C1)C2=O. The quantitative estimate of drug-likeness (QED) is 0.272. The zero-order valence-electron chi connectivity index (χ0n) is 18.8. The van der Waals surface area contributed by atoms with Gasteiger partial charge in [0, 0.05) is 11.0 Å². The third kappa shape index (κ3) is 3.82. The highest BCUT2D eigenvalue weighted by atomic mass is 32.2. The lowest BCUT2D eigenvalue weighted by molar-refractivity contribution is -0.130. The zero-order chi connectivity index (χ0) is 24.2. The fourth-order valence-corrected chi connectivity index (χ4v) is 6.84. The Morgan fingerprint density at radius 3 is 2.53 bits per heavy atom. The molecule has 2 aromatic carbocycles. The Kier molecular flexibility index (Phi) is 5.56. The number of benzene rings is 2. The molecule has 2 fully saturated rings. The van der Waals surface area contributed by atoms with E-state index in [9.17, 15) is 22.8 Å². The van der Waals surface area contributed by atoms with Gasteiger partial charge in [-0.2, -0.15) is 8.42 Å². The third-order valence-electron chi connectivity index (χ3n) is 7.17. The number of carbonyl (C=O) groups excluding carboxylic acids is 3. The number of fused-ring (bicyclic) bond motifs is 1. The maximum atomic E-state index is 13.3. The Hall–Kier alpha value is -3.04. The van der Waals surface area contributed by atoms with Crippen molar-refractivity contribution in [2.75, 3.05) is 0 Å². The van der Waals surface area contributed by atoms with E-state index >= 15 is 0 Å². The molecular weight excluding hydrogens is 458 g/mol. The van der Waals surface area contributed by atoms with Crippen molar-refractivity contribution in [1.82, 2.24) is 5.06 Å². The molecule has 0 N–H and O–H groups in total. The van der Waals surface area contributed by atoms with E-state index in [1.54, 1.807) is 12.1 Å². The molecule has 0 radical (unpaired) electrons. The number of ether oxygens (including phenoxy) is 1. The Balaban J connectivity index is 1.47. The first-order valence-electron chi connectivity index (χ1n) is 11.4. The Bertz CT molecular complexity index is 1350. The van der Waals surface area contributed by atoms with Gasteiger partial charge >= 0.3 is 5.97 Å². The molecule has 1 aliphatic heterocycles. The van der Waals surface area contributed by atoms with E-state index in [0.29, 0.717) is 40.5 Å². The van der Waals surface area contributed by atoms with Crippen LogP contribution in [0.3, 0.4) is 0 Å². The first-order chi connectivity index (χ1) is 16.2. The van der Waals surface area contributed by atoms with E-state index in [1.807, 2.05) is 0 Å². The fourth-order valence-electron chi connectivity index (χ4n) is 5.47. The van der Waals surface area contributed by atoms with Crippen LogP contribution in [0, 0.1) is 11.8 Å². The van der Waals surface area contributed by atoms with Gasteiger partial charge in [0.1, 0.15) is 5.75 Å². The van der Waals surface area contributed by atoms with Crippen LogP contribution in [-0.4, -0.2) is 36.5 Å². The van der Waals surface area contributed by atoms with Gasteiger partial charge in [0.2, 0.25) is 0 Å². The highest BCUT2D eigenvalue weighted by Crippen LogP contribution is 2.44. The monoisotopic (exact) mass is 483 g/mol. The third-order valence-corrected chi connectivity index (χ3v) is 8.77. The predicted molar refractivity (Wildman–Crippen MR) is 123 cm³/mol. The van der Waals surface area contributed by atoms with Crippen molar-refractivity contribution in [2.24, 2.45) is 11.8 Å². The Morgan fingerprint density at radius 2 is 1.76 bits per heavy atom. The fraction of sp³-hybridized carbons (Fsp3) is 0.400. The summed E-state index contributed by atoms with van der Waals surface area (Å²) in [7, 11) is -4.21. The molecular formula is C25H25NO7S. The highest BCUT2D eigenvalue weighted by Gasteiger charge is 2.43. The number of nitrogens with zero attached hydrogens (tertiary/aromatic N) is 1. The summed E-state index contributed by atoms with van der Waals surface area (Å²) in [6.07, 6.45) is 4.97. The van der Waals surface area contributed by atoms with Crippen molar-refractivity contribution in [3.63, 3.8) is 0 Å². The summed E-state index contributed by atoms with van der Waals surface area (Å²) in [6.45, 7) is 5.04. The summed E-state index contributed by atoms with van der Waals surface area (Å²) < 4.78 is 36.8. The zero-order valence-corrected chi connectivity index (χ0v) is 19.6. The minimum Gasteiger partial charge on any atom is -0.423 e. The van der Waals surface area contributed by atoms with Crippen molar-refractivity contribution in [3.05, 3.63) is 53.6 Å². The topological polar surface area (TPSA) is 107 Å². The second-order valence-electron chi connectivity index (χ2n) is 9.40. The molecule has 3 atom stereocenters. The molecule has 2 aliphatic carbocycles. The second-order valence-corrected chi connectivity index (χ2v) is 11.2. The summed E-state index contributed by atoms with van der Waals surface area (Å²) >= 11 is 0. The molecule has 0 bridgehead atoms. The highest BCUT2D eigenvalue weighted by molar-refractivity contribution is 7.87. The van der Waals surface area contributed by atoms with Gasteiger partial charge < -0.3 is 4.74 Å². The minimum absolute atomic E-state index is 0.0203. The van der Waals surface area contributed by atoms with Crippen molar-refractivity contribution in [1.29, 1.82) is 0 Å². The van der Waals surface area contributed by atoms with Crippen molar-refractivity contribution < 1.29 is 31.8 Å². The predicted octanol–water partition coefficient (Wildman–Crippen LogP) is 4.15. The lowest BCUT2D eigenvalue weighted by Gasteiger charge is -2.32. The van der Waals surface area contributed by atoms with Crippen LogP contribution in [0.15, 0.2) is 42.5 Å². The first kappa shape index (κ1) is 22.7. The number of esters is 1. The molecule has 2 saturated carbocycles. The largest absolute Gasteiger partial charge is 0.423 e. The molecule has 3 aliphatic rings. The van der Waals surface area contributed by atoms with Crippen LogP contribution in [0.1, 0.15) is 66.2 Å². The maximum Gasteiger partial charge on any atom is 0.338 e. The lowest BCUT2D eigenvalue weighted by Crippen LogP contribution is -2.44.